The molecule has 0 N–H and O–H groups in total. The summed E-state index contributed by atoms with van der Waals surface area (Å²) in [5.41, 5.74) is 1.16. The summed E-state index contributed by atoms with van der Waals surface area (Å²) >= 11 is 0. The largest absolute Gasteiger partial charge is 0.269 e. The van der Waals surface area contributed by atoms with Crippen molar-refractivity contribution in [1.29, 1.82) is 5.26 Å². The molecular weight excluding hydrogens is 291 g/mol. The van der Waals surface area contributed by atoms with Crippen molar-refractivity contribution in [2.45, 2.75) is 11.8 Å². The number of anilines is 1. The van der Waals surface area contributed by atoms with Crippen LogP contribution in [0.25, 0.3) is 0 Å². The van der Waals surface area contributed by atoms with E-state index >= 15 is 0 Å². The molecule has 2 aromatic carbocycles. The molecule has 0 aliphatic carbocycles. The number of nitriles is 1. The second kappa shape index (κ2) is 5.54. The third-order valence-electron chi connectivity index (χ3n) is 3.15. The molecule has 0 fully saturated rings. The fraction of sp³-hybridized carbons (Fsp3) is 0.133. The highest BCUT2D eigenvalue weighted by atomic mass is 32.2. The molecule has 0 aliphatic rings. The topological polar surface area (TPSA) is 61.2 Å². The summed E-state index contributed by atoms with van der Waals surface area (Å²) in [4.78, 5) is 0.0633. The highest BCUT2D eigenvalue weighted by Crippen LogP contribution is 2.25. The zero-order chi connectivity index (χ0) is 15.6. The van der Waals surface area contributed by atoms with E-state index in [9.17, 15) is 12.8 Å². The van der Waals surface area contributed by atoms with Crippen molar-refractivity contribution >= 4 is 15.7 Å². The highest BCUT2D eigenvalue weighted by molar-refractivity contribution is 7.92. The Balaban J connectivity index is 2.51. The average molecular weight is 304 g/mol. The number of halogens is 1. The monoisotopic (exact) mass is 304 g/mol. The summed E-state index contributed by atoms with van der Waals surface area (Å²) in [5, 5.41) is 8.90. The van der Waals surface area contributed by atoms with E-state index in [1.165, 1.54) is 37.4 Å². The smallest absolute Gasteiger partial charge is 0.264 e. The van der Waals surface area contributed by atoms with Crippen molar-refractivity contribution in [1.82, 2.24) is 0 Å². The van der Waals surface area contributed by atoms with E-state index in [-0.39, 0.29) is 10.5 Å². The number of sulfonamides is 1. The van der Waals surface area contributed by atoms with Gasteiger partial charge in [-0.3, -0.25) is 4.31 Å². The SMILES string of the molecule is Cc1ccc(C#N)cc1S(=O)(=O)N(C)c1ccc(F)cc1. The van der Waals surface area contributed by atoms with Gasteiger partial charge in [0.1, 0.15) is 5.82 Å². The molecule has 6 heteroatoms. The van der Waals surface area contributed by atoms with Gasteiger partial charge in [0, 0.05) is 7.05 Å². The minimum atomic E-state index is -3.81. The standard InChI is InChI=1S/C15H13FN2O2S/c1-11-3-4-12(10-17)9-15(11)21(19,20)18(2)14-7-5-13(16)6-8-14/h3-9H,1-2H3. The fourth-order valence-electron chi connectivity index (χ4n) is 1.88. The summed E-state index contributed by atoms with van der Waals surface area (Å²) in [6.07, 6.45) is 0. The summed E-state index contributed by atoms with van der Waals surface area (Å²) in [7, 11) is -2.42. The Bertz CT molecular complexity index is 809. The first-order chi connectivity index (χ1) is 9.86. The van der Waals surface area contributed by atoms with Crippen LogP contribution in [0.2, 0.25) is 0 Å². The summed E-state index contributed by atoms with van der Waals surface area (Å²) in [5.74, 6) is -0.438. The summed E-state index contributed by atoms with van der Waals surface area (Å²) < 4.78 is 39.3. The van der Waals surface area contributed by atoms with Gasteiger partial charge in [-0.2, -0.15) is 5.26 Å². The highest BCUT2D eigenvalue weighted by Gasteiger charge is 2.23. The molecule has 0 saturated carbocycles. The van der Waals surface area contributed by atoms with Gasteiger partial charge in [0.15, 0.2) is 0 Å². The lowest BCUT2D eigenvalue weighted by Gasteiger charge is -2.20. The number of aryl methyl sites for hydroxylation is 1. The second-order valence-electron chi connectivity index (χ2n) is 4.54. The van der Waals surface area contributed by atoms with Crippen molar-refractivity contribution in [3.8, 4) is 6.07 Å². The van der Waals surface area contributed by atoms with Crippen molar-refractivity contribution in [2.75, 3.05) is 11.4 Å². The average Bonchev–Trinajstić information content (AvgIpc) is 2.47. The van der Waals surface area contributed by atoms with Crippen LogP contribution in [0.15, 0.2) is 47.4 Å². The van der Waals surface area contributed by atoms with Gasteiger partial charge in [0.2, 0.25) is 0 Å². The maximum absolute atomic E-state index is 12.9. The Morgan fingerprint density at radius 3 is 2.33 bits per heavy atom. The molecule has 0 aromatic heterocycles. The maximum atomic E-state index is 12.9. The molecule has 4 nitrogen and oxygen atoms in total. The second-order valence-corrected chi connectivity index (χ2v) is 6.48. The molecule has 2 aromatic rings. The lowest BCUT2D eigenvalue weighted by Crippen LogP contribution is -2.27. The Morgan fingerprint density at radius 1 is 1.14 bits per heavy atom. The van der Waals surface area contributed by atoms with Crippen LogP contribution >= 0.6 is 0 Å². The predicted molar refractivity (Wildman–Crippen MR) is 77.9 cm³/mol. The molecule has 0 bridgehead atoms. The van der Waals surface area contributed by atoms with Crippen LogP contribution in [0, 0.1) is 24.1 Å². The number of hydrogen-bond donors (Lipinski definition) is 0. The van der Waals surface area contributed by atoms with Gasteiger partial charge in [0.25, 0.3) is 10.0 Å². The lowest BCUT2D eigenvalue weighted by atomic mass is 10.2. The van der Waals surface area contributed by atoms with E-state index in [2.05, 4.69) is 0 Å². The molecule has 2 rings (SSSR count). The Kier molecular flexibility index (Phi) is 3.96. The molecule has 0 unspecified atom stereocenters. The molecule has 0 heterocycles. The Morgan fingerprint density at radius 2 is 1.76 bits per heavy atom. The Labute approximate surface area is 123 Å². The van der Waals surface area contributed by atoms with Gasteiger partial charge < -0.3 is 0 Å². The van der Waals surface area contributed by atoms with Crippen molar-refractivity contribution < 1.29 is 12.8 Å². The van der Waals surface area contributed by atoms with E-state index in [0.29, 0.717) is 11.3 Å². The first-order valence-corrected chi connectivity index (χ1v) is 7.55. The van der Waals surface area contributed by atoms with Crippen molar-refractivity contribution in [3.63, 3.8) is 0 Å². The number of hydrogen-bond acceptors (Lipinski definition) is 3. The minimum absolute atomic E-state index is 0.0633. The van der Waals surface area contributed by atoms with Gasteiger partial charge in [-0.15, -0.1) is 0 Å². The molecular formula is C15H13FN2O2S. The van der Waals surface area contributed by atoms with Crippen LogP contribution in [-0.4, -0.2) is 15.5 Å². The zero-order valence-electron chi connectivity index (χ0n) is 11.5. The van der Waals surface area contributed by atoms with E-state index in [0.717, 1.165) is 4.31 Å². The normalized spacial score (nSPS) is 11.0. The molecule has 0 radical (unpaired) electrons. The molecule has 0 atom stereocenters. The van der Waals surface area contributed by atoms with E-state index < -0.39 is 15.8 Å². The van der Waals surface area contributed by atoms with Gasteiger partial charge >= 0.3 is 0 Å². The van der Waals surface area contributed by atoms with Crippen molar-refractivity contribution in [2.24, 2.45) is 0 Å². The van der Waals surface area contributed by atoms with Crippen LogP contribution in [0.5, 0.6) is 0 Å². The lowest BCUT2D eigenvalue weighted by molar-refractivity contribution is 0.593. The quantitative estimate of drug-likeness (QED) is 0.876. The maximum Gasteiger partial charge on any atom is 0.264 e. The molecule has 0 saturated heterocycles. The number of nitrogens with zero attached hydrogens (tertiary/aromatic N) is 2. The number of benzene rings is 2. The van der Waals surface area contributed by atoms with E-state index in [1.54, 1.807) is 19.1 Å². The van der Waals surface area contributed by atoms with Gasteiger partial charge in [-0.1, -0.05) is 6.07 Å². The predicted octanol–water partition coefficient (Wildman–Crippen LogP) is 2.83. The molecule has 0 spiro atoms. The number of rotatable bonds is 3. The van der Waals surface area contributed by atoms with Crippen LogP contribution in [0.1, 0.15) is 11.1 Å². The van der Waals surface area contributed by atoms with Crippen LogP contribution in [-0.2, 0) is 10.0 Å². The van der Waals surface area contributed by atoms with E-state index in [4.69, 9.17) is 5.26 Å². The third kappa shape index (κ3) is 2.88. The minimum Gasteiger partial charge on any atom is -0.269 e. The first kappa shape index (κ1) is 15.0. The fourth-order valence-corrected chi connectivity index (χ4v) is 3.33. The van der Waals surface area contributed by atoms with E-state index in [1.807, 2.05) is 6.07 Å². The molecule has 108 valence electrons. The molecule has 21 heavy (non-hydrogen) atoms. The van der Waals surface area contributed by atoms with Crippen LogP contribution < -0.4 is 4.31 Å². The third-order valence-corrected chi connectivity index (χ3v) is 5.07. The molecule has 0 aliphatic heterocycles. The van der Waals surface area contributed by atoms with Crippen molar-refractivity contribution in [3.05, 3.63) is 59.4 Å². The van der Waals surface area contributed by atoms with Crippen LogP contribution in [0.4, 0.5) is 10.1 Å². The first-order valence-electron chi connectivity index (χ1n) is 6.11. The zero-order valence-corrected chi connectivity index (χ0v) is 12.4. The Hall–Kier alpha value is -2.39. The van der Waals surface area contributed by atoms with Gasteiger partial charge in [0.05, 0.1) is 22.2 Å². The van der Waals surface area contributed by atoms with Gasteiger partial charge in [-0.05, 0) is 48.9 Å². The summed E-state index contributed by atoms with van der Waals surface area (Å²) in [6, 6.07) is 11.6. The molecule has 0 amide bonds. The van der Waals surface area contributed by atoms with Gasteiger partial charge in [-0.25, -0.2) is 12.8 Å². The summed E-state index contributed by atoms with van der Waals surface area (Å²) in [6.45, 7) is 1.66. The van der Waals surface area contributed by atoms with Crippen LogP contribution in [0.3, 0.4) is 0 Å².